The zero-order valence-electron chi connectivity index (χ0n) is 14.5. The summed E-state index contributed by atoms with van der Waals surface area (Å²) in [6, 6.07) is 7.19. The highest BCUT2D eigenvalue weighted by Gasteiger charge is 2.13. The van der Waals surface area contributed by atoms with Crippen LogP contribution in [0.4, 0.5) is 0 Å². The van der Waals surface area contributed by atoms with Crippen molar-refractivity contribution in [3.05, 3.63) is 58.2 Å². The quantitative estimate of drug-likeness (QED) is 0.732. The van der Waals surface area contributed by atoms with Crippen molar-refractivity contribution in [3.8, 4) is 0 Å². The van der Waals surface area contributed by atoms with Crippen molar-refractivity contribution in [1.82, 2.24) is 24.8 Å². The molecule has 0 unspecified atom stereocenters. The van der Waals surface area contributed by atoms with Gasteiger partial charge in [-0.25, -0.2) is 9.97 Å². The summed E-state index contributed by atoms with van der Waals surface area (Å²) in [5, 5.41) is 3.46. The monoisotopic (exact) mass is 351 g/mol. The lowest BCUT2D eigenvalue weighted by Gasteiger charge is -2.11. The van der Waals surface area contributed by atoms with Crippen LogP contribution in [0.3, 0.4) is 0 Å². The molecule has 2 aromatic heterocycles. The Morgan fingerprint density at radius 3 is 3.00 bits per heavy atom. The van der Waals surface area contributed by atoms with Crippen molar-refractivity contribution in [1.29, 1.82) is 0 Å². The van der Waals surface area contributed by atoms with Crippen molar-refractivity contribution in [2.24, 2.45) is 0 Å². The summed E-state index contributed by atoms with van der Waals surface area (Å²) in [7, 11) is 0. The van der Waals surface area contributed by atoms with Crippen LogP contribution in [0.25, 0.3) is 10.9 Å². The maximum Gasteiger partial charge on any atom is 0.258 e. The number of fused-ring (bicyclic) bond motifs is 2. The molecule has 2 N–H and O–H groups in total. The molecule has 134 valence electrons. The highest BCUT2D eigenvalue weighted by molar-refractivity contribution is 5.78. The molecule has 0 saturated carbocycles. The number of nitrogens with one attached hydrogen (secondary N) is 2. The summed E-state index contributed by atoms with van der Waals surface area (Å²) in [6.07, 6.45) is 6.07. The number of aromatic nitrogens is 4. The molecule has 1 amide bonds. The summed E-state index contributed by atoms with van der Waals surface area (Å²) in [6.45, 7) is 1.44. The Balaban J connectivity index is 1.34. The molecular formula is C19H21N5O2. The predicted molar refractivity (Wildman–Crippen MR) is 97.7 cm³/mol. The Bertz CT molecular complexity index is 981. The number of H-pyrrole nitrogens is 1. The van der Waals surface area contributed by atoms with Crippen LogP contribution in [-0.2, 0) is 30.7 Å². The number of aryl methyl sites for hydroxylation is 3. The summed E-state index contributed by atoms with van der Waals surface area (Å²) < 4.78 is 2.18. The number of amides is 1. The molecule has 26 heavy (non-hydrogen) atoms. The second-order valence-electron chi connectivity index (χ2n) is 6.61. The van der Waals surface area contributed by atoms with E-state index in [2.05, 4.69) is 24.8 Å². The number of nitrogens with zero attached hydrogens (tertiary/aromatic N) is 3. The number of hydrogen-bond donors (Lipinski definition) is 2. The minimum Gasteiger partial charge on any atom is -0.350 e. The first-order valence-electron chi connectivity index (χ1n) is 8.98. The van der Waals surface area contributed by atoms with Crippen LogP contribution in [-0.4, -0.2) is 25.4 Å². The van der Waals surface area contributed by atoms with Gasteiger partial charge in [-0.15, -0.1) is 0 Å². The smallest absolute Gasteiger partial charge is 0.258 e. The summed E-state index contributed by atoms with van der Waals surface area (Å²) in [4.78, 5) is 35.9. The van der Waals surface area contributed by atoms with Gasteiger partial charge in [-0.05, 0) is 25.0 Å². The molecule has 0 atom stereocenters. The van der Waals surface area contributed by atoms with Gasteiger partial charge in [0, 0.05) is 32.0 Å². The number of rotatable bonds is 5. The van der Waals surface area contributed by atoms with Crippen molar-refractivity contribution in [3.63, 3.8) is 0 Å². The number of benzene rings is 1. The van der Waals surface area contributed by atoms with Gasteiger partial charge in [-0.2, -0.15) is 0 Å². The lowest BCUT2D eigenvalue weighted by atomic mass is 10.2. The van der Waals surface area contributed by atoms with Crippen molar-refractivity contribution >= 4 is 16.8 Å². The summed E-state index contributed by atoms with van der Waals surface area (Å²) >= 11 is 0. The van der Waals surface area contributed by atoms with Crippen molar-refractivity contribution in [2.45, 2.75) is 45.2 Å². The molecule has 0 aliphatic carbocycles. The van der Waals surface area contributed by atoms with Gasteiger partial charge in [-0.1, -0.05) is 12.1 Å². The first-order valence-corrected chi connectivity index (χ1v) is 8.98. The zero-order chi connectivity index (χ0) is 17.9. The average Bonchev–Trinajstić information content (AvgIpc) is 3.08. The molecule has 1 aromatic carbocycles. The van der Waals surface area contributed by atoms with Gasteiger partial charge in [-0.3, -0.25) is 9.59 Å². The van der Waals surface area contributed by atoms with Crippen molar-refractivity contribution in [2.75, 3.05) is 0 Å². The molecule has 7 heteroatoms. The van der Waals surface area contributed by atoms with E-state index < -0.39 is 0 Å². The molecule has 0 fully saturated rings. The van der Waals surface area contributed by atoms with E-state index in [0.29, 0.717) is 29.7 Å². The molecule has 1 aliphatic heterocycles. The topological polar surface area (TPSA) is 92.7 Å². The largest absolute Gasteiger partial charge is 0.350 e. The van der Waals surface area contributed by atoms with Crippen LogP contribution in [0.1, 0.15) is 36.6 Å². The standard InChI is InChI=1S/C19H21N5O2/c25-18(20-11-13-12-24-10-4-3-7-17(24)21-13)9-8-16-22-15-6-2-1-5-14(15)19(26)23-16/h1-2,5-6,12H,3-4,7-11H2,(H,20,25)(H,22,23,26). The predicted octanol–water partition coefficient (Wildman–Crippen LogP) is 1.70. The minimum atomic E-state index is -0.172. The number of imidazole rings is 1. The molecule has 0 bridgehead atoms. The summed E-state index contributed by atoms with van der Waals surface area (Å²) in [5.41, 5.74) is 1.37. The van der Waals surface area contributed by atoms with E-state index in [-0.39, 0.29) is 17.9 Å². The molecule has 0 spiro atoms. The highest BCUT2D eigenvalue weighted by Crippen LogP contribution is 2.14. The molecule has 0 radical (unpaired) electrons. The third-order valence-corrected chi connectivity index (χ3v) is 4.68. The minimum absolute atomic E-state index is 0.0771. The van der Waals surface area contributed by atoms with Gasteiger partial charge in [0.1, 0.15) is 11.6 Å². The average molecular weight is 351 g/mol. The first kappa shape index (κ1) is 16.5. The van der Waals surface area contributed by atoms with E-state index in [4.69, 9.17) is 0 Å². The van der Waals surface area contributed by atoms with Crippen LogP contribution in [0, 0.1) is 0 Å². The number of carbonyl (C=O) groups excluding carboxylic acids is 1. The molecule has 4 rings (SSSR count). The van der Waals surface area contributed by atoms with Gasteiger partial charge in [0.15, 0.2) is 0 Å². The van der Waals surface area contributed by atoms with E-state index in [1.165, 1.54) is 12.8 Å². The van der Waals surface area contributed by atoms with Crippen LogP contribution in [0.15, 0.2) is 35.3 Å². The van der Waals surface area contributed by atoms with Gasteiger partial charge >= 0.3 is 0 Å². The number of carbonyl (C=O) groups is 1. The van der Waals surface area contributed by atoms with Crippen LogP contribution >= 0.6 is 0 Å². The third-order valence-electron chi connectivity index (χ3n) is 4.68. The van der Waals surface area contributed by atoms with E-state index >= 15 is 0 Å². The summed E-state index contributed by atoms with van der Waals surface area (Å²) in [5.74, 6) is 1.56. The molecule has 0 saturated heterocycles. The second kappa shape index (κ2) is 7.11. The Kier molecular flexibility index (Phi) is 4.51. The number of para-hydroxylation sites is 1. The van der Waals surface area contributed by atoms with Gasteiger partial charge in [0.2, 0.25) is 5.91 Å². The molecular weight excluding hydrogens is 330 g/mol. The number of hydrogen-bond acceptors (Lipinski definition) is 4. The Labute approximate surface area is 150 Å². The van der Waals surface area contributed by atoms with E-state index in [1.807, 2.05) is 12.3 Å². The van der Waals surface area contributed by atoms with E-state index in [1.54, 1.807) is 18.2 Å². The lowest BCUT2D eigenvalue weighted by Crippen LogP contribution is -2.24. The zero-order valence-corrected chi connectivity index (χ0v) is 14.5. The Morgan fingerprint density at radius 1 is 1.23 bits per heavy atom. The number of aromatic amines is 1. The molecule has 3 heterocycles. The third kappa shape index (κ3) is 3.51. The lowest BCUT2D eigenvalue weighted by molar-refractivity contribution is -0.121. The highest BCUT2D eigenvalue weighted by atomic mass is 16.1. The second-order valence-corrected chi connectivity index (χ2v) is 6.61. The normalized spacial score (nSPS) is 13.5. The van der Waals surface area contributed by atoms with E-state index in [9.17, 15) is 9.59 Å². The molecule has 1 aliphatic rings. The maximum absolute atomic E-state index is 12.1. The molecule has 7 nitrogen and oxygen atoms in total. The maximum atomic E-state index is 12.1. The van der Waals surface area contributed by atoms with Gasteiger partial charge in [0.05, 0.1) is 23.1 Å². The first-order chi connectivity index (χ1) is 12.7. The Hall–Kier alpha value is -2.96. The van der Waals surface area contributed by atoms with Gasteiger partial charge < -0.3 is 14.9 Å². The van der Waals surface area contributed by atoms with E-state index in [0.717, 1.165) is 24.5 Å². The fourth-order valence-electron chi connectivity index (χ4n) is 3.32. The van der Waals surface area contributed by atoms with Crippen molar-refractivity contribution < 1.29 is 4.79 Å². The SMILES string of the molecule is O=C(CCc1nc2ccccc2c(=O)[nH]1)NCc1cn2c(n1)CCCC2. The van der Waals surface area contributed by atoms with Crippen LogP contribution < -0.4 is 10.9 Å². The molecule has 3 aromatic rings. The van der Waals surface area contributed by atoms with Crippen LogP contribution in [0.2, 0.25) is 0 Å². The fraction of sp³-hybridized carbons (Fsp3) is 0.368. The van der Waals surface area contributed by atoms with Gasteiger partial charge in [0.25, 0.3) is 5.56 Å². The fourth-order valence-corrected chi connectivity index (χ4v) is 3.32. The Morgan fingerprint density at radius 2 is 2.12 bits per heavy atom. The van der Waals surface area contributed by atoms with Crippen LogP contribution in [0.5, 0.6) is 0 Å².